The molecule has 2 heterocycles. The van der Waals surface area contributed by atoms with Gasteiger partial charge in [0.1, 0.15) is 11.8 Å². The van der Waals surface area contributed by atoms with Gasteiger partial charge in [-0.3, -0.25) is 4.84 Å². The minimum absolute atomic E-state index is 0.133. The second-order valence-electron chi connectivity index (χ2n) is 11.9. The molecule has 0 amide bonds. The van der Waals surface area contributed by atoms with Crippen molar-refractivity contribution < 1.29 is 23.8 Å². The highest BCUT2D eigenvalue weighted by Gasteiger charge is 2.74. The van der Waals surface area contributed by atoms with E-state index in [1.165, 1.54) is 12.8 Å². The highest BCUT2D eigenvalue weighted by atomic mass is 16.8. The first-order valence-electron chi connectivity index (χ1n) is 11.9. The first kappa shape index (κ1) is 22.3. The SMILES string of the molecule is CC(C)(C)OC(=O)[C@]1(COCc2ccccc2)C[C@@H]2O[C@@H]3[C@@H]([C@H]4CC[C@]3(C)C4(C)C)N2O1. The summed E-state index contributed by atoms with van der Waals surface area (Å²) in [7, 11) is 0. The van der Waals surface area contributed by atoms with Crippen LogP contribution in [0.5, 0.6) is 0 Å². The minimum atomic E-state index is -1.19. The summed E-state index contributed by atoms with van der Waals surface area (Å²) in [6.45, 7) is 13.3. The van der Waals surface area contributed by atoms with Crippen LogP contribution >= 0.6 is 0 Å². The number of rotatable bonds is 5. The molecule has 1 aromatic rings. The molecule has 0 radical (unpaired) electrons. The fourth-order valence-electron chi connectivity index (χ4n) is 6.54. The van der Waals surface area contributed by atoms with Gasteiger partial charge in [0.25, 0.3) is 0 Å². The molecule has 4 aliphatic rings. The molecule has 2 saturated carbocycles. The molecule has 4 fully saturated rings. The van der Waals surface area contributed by atoms with Gasteiger partial charge >= 0.3 is 5.97 Å². The topological polar surface area (TPSA) is 57.2 Å². The number of benzene rings is 1. The van der Waals surface area contributed by atoms with Gasteiger partial charge in [-0.2, -0.15) is 5.06 Å². The van der Waals surface area contributed by atoms with E-state index in [-0.39, 0.29) is 41.8 Å². The average Bonchev–Trinajstić information content (AvgIpc) is 3.34. The molecular formula is C26H37NO5. The number of hydrogen-bond donors (Lipinski definition) is 0. The highest BCUT2D eigenvalue weighted by Crippen LogP contribution is 2.70. The molecule has 2 bridgehead atoms. The van der Waals surface area contributed by atoms with Gasteiger partial charge in [-0.1, -0.05) is 51.1 Å². The monoisotopic (exact) mass is 443 g/mol. The number of carbonyl (C=O) groups is 1. The standard InChI is InChI=1S/C26H37NO5/c1-23(2,3)31-22(28)26(16-29-15-17-10-8-7-9-11-17)14-19-27(32-26)20-18-12-13-25(6,21(20)30-19)24(18,4)5/h7-11,18-21H,12-16H2,1-6H3/t18-,19+,20-,21-,25+,26-/m1/s1. The van der Waals surface area contributed by atoms with Crippen LogP contribution in [0.2, 0.25) is 0 Å². The van der Waals surface area contributed by atoms with Gasteiger partial charge in [0, 0.05) is 11.8 Å². The molecule has 6 atom stereocenters. The van der Waals surface area contributed by atoms with Gasteiger partial charge in [0.15, 0.2) is 0 Å². The predicted molar refractivity (Wildman–Crippen MR) is 119 cm³/mol. The Bertz CT molecular complexity index is 880. The molecule has 0 spiro atoms. The molecule has 2 aliphatic carbocycles. The van der Waals surface area contributed by atoms with Crippen molar-refractivity contribution in [2.75, 3.05) is 6.61 Å². The smallest absolute Gasteiger partial charge is 0.343 e. The predicted octanol–water partition coefficient (Wildman–Crippen LogP) is 4.47. The maximum atomic E-state index is 13.4. The van der Waals surface area contributed by atoms with Crippen LogP contribution in [-0.4, -0.2) is 47.2 Å². The Hall–Kier alpha value is -1.47. The fourth-order valence-corrected chi connectivity index (χ4v) is 6.54. The maximum absolute atomic E-state index is 13.4. The van der Waals surface area contributed by atoms with Gasteiger partial charge in [-0.25, -0.2) is 4.79 Å². The van der Waals surface area contributed by atoms with Crippen molar-refractivity contribution in [2.24, 2.45) is 16.7 Å². The third-order valence-corrected chi connectivity index (χ3v) is 8.61. The largest absolute Gasteiger partial charge is 0.458 e. The Morgan fingerprint density at radius 3 is 2.59 bits per heavy atom. The molecule has 5 rings (SSSR count). The summed E-state index contributed by atoms with van der Waals surface area (Å²) in [6.07, 6.45) is 2.68. The van der Waals surface area contributed by atoms with E-state index in [9.17, 15) is 4.79 Å². The van der Waals surface area contributed by atoms with Crippen LogP contribution in [0.25, 0.3) is 0 Å². The molecule has 6 heteroatoms. The number of fused-ring (bicyclic) bond motifs is 7. The molecule has 32 heavy (non-hydrogen) atoms. The Kier molecular flexibility index (Phi) is 5.07. The zero-order chi connectivity index (χ0) is 22.9. The molecule has 2 aliphatic heterocycles. The first-order valence-corrected chi connectivity index (χ1v) is 11.9. The third kappa shape index (κ3) is 3.25. The summed E-state index contributed by atoms with van der Waals surface area (Å²) in [5, 5.41) is 2.00. The van der Waals surface area contributed by atoms with Crippen molar-refractivity contribution in [3.8, 4) is 0 Å². The Morgan fingerprint density at radius 2 is 1.91 bits per heavy atom. The summed E-state index contributed by atoms with van der Waals surface area (Å²) in [6, 6.07) is 10.1. The van der Waals surface area contributed by atoms with Crippen LogP contribution in [0.15, 0.2) is 30.3 Å². The Labute approximate surface area is 191 Å². The van der Waals surface area contributed by atoms with E-state index in [0.29, 0.717) is 18.9 Å². The van der Waals surface area contributed by atoms with E-state index < -0.39 is 11.2 Å². The lowest BCUT2D eigenvalue weighted by Gasteiger charge is -2.38. The van der Waals surface area contributed by atoms with Crippen LogP contribution in [0, 0.1) is 16.7 Å². The zero-order valence-corrected chi connectivity index (χ0v) is 20.2. The quantitative estimate of drug-likeness (QED) is 0.626. The third-order valence-electron chi connectivity index (χ3n) is 8.61. The number of hydroxylamine groups is 2. The number of carbonyl (C=O) groups excluding carboxylic acids is 1. The molecule has 6 nitrogen and oxygen atoms in total. The van der Waals surface area contributed by atoms with Crippen molar-refractivity contribution >= 4 is 5.97 Å². The van der Waals surface area contributed by atoms with Gasteiger partial charge in [-0.05, 0) is 50.5 Å². The lowest BCUT2D eigenvalue weighted by molar-refractivity contribution is -0.251. The van der Waals surface area contributed by atoms with E-state index >= 15 is 0 Å². The summed E-state index contributed by atoms with van der Waals surface area (Å²) < 4.78 is 18.5. The van der Waals surface area contributed by atoms with Crippen LogP contribution < -0.4 is 0 Å². The normalized spacial score (nSPS) is 39.8. The Balaban J connectivity index is 1.37. The summed E-state index contributed by atoms with van der Waals surface area (Å²) in [5.74, 6) is 0.114. The number of esters is 1. The van der Waals surface area contributed by atoms with E-state index in [1.54, 1.807) is 0 Å². The van der Waals surface area contributed by atoms with Crippen molar-refractivity contribution in [3.63, 3.8) is 0 Å². The molecule has 2 saturated heterocycles. The maximum Gasteiger partial charge on any atom is 0.343 e. The molecule has 0 aromatic heterocycles. The number of hydrogen-bond acceptors (Lipinski definition) is 6. The zero-order valence-electron chi connectivity index (χ0n) is 20.2. The van der Waals surface area contributed by atoms with E-state index in [1.807, 2.05) is 56.2 Å². The van der Waals surface area contributed by atoms with E-state index in [4.69, 9.17) is 19.0 Å². The highest BCUT2D eigenvalue weighted by molar-refractivity contribution is 5.80. The van der Waals surface area contributed by atoms with E-state index in [2.05, 4.69) is 20.8 Å². The van der Waals surface area contributed by atoms with Gasteiger partial charge < -0.3 is 14.2 Å². The molecule has 0 unspecified atom stereocenters. The summed E-state index contributed by atoms with van der Waals surface area (Å²) in [5.41, 5.74) is -0.425. The Morgan fingerprint density at radius 1 is 1.19 bits per heavy atom. The van der Waals surface area contributed by atoms with Gasteiger partial charge in [0.05, 0.1) is 25.4 Å². The second kappa shape index (κ2) is 7.26. The molecule has 0 N–H and O–H groups in total. The number of nitrogens with zero attached hydrogens (tertiary/aromatic N) is 1. The van der Waals surface area contributed by atoms with Crippen molar-refractivity contribution in [3.05, 3.63) is 35.9 Å². The average molecular weight is 444 g/mol. The minimum Gasteiger partial charge on any atom is -0.458 e. The van der Waals surface area contributed by atoms with Crippen molar-refractivity contribution in [1.82, 2.24) is 5.06 Å². The summed E-state index contributed by atoms with van der Waals surface area (Å²) in [4.78, 5) is 19.9. The molecular weight excluding hydrogens is 406 g/mol. The lowest BCUT2D eigenvalue weighted by atomic mass is 9.70. The lowest BCUT2D eigenvalue weighted by Crippen LogP contribution is -2.50. The van der Waals surface area contributed by atoms with Crippen LogP contribution in [0.4, 0.5) is 0 Å². The van der Waals surface area contributed by atoms with Crippen LogP contribution in [0.3, 0.4) is 0 Å². The number of ether oxygens (including phenoxy) is 3. The molecule has 176 valence electrons. The molecule has 1 aromatic carbocycles. The van der Waals surface area contributed by atoms with Crippen molar-refractivity contribution in [2.45, 2.75) is 97.0 Å². The van der Waals surface area contributed by atoms with Crippen LogP contribution in [0.1, 0.15) is 66.4 Å². The van der Waals surface area contributed by atoms with Crippen LogP contribution in [-0.2, 0) is 30.4 Å². The van der Waals surface area contributed by atoms with E-state index in [0.717, 1.165) is 5.56 Å². The first-order chi connectivity index (χ1) is 15.0. The summed E-state index contributed by atoms with van der Waals surface area (Å²) >= 11 is 0. The fraction of sp³-hybridized carbons (Fsp3) is 0.731. The van der Waals surface area contributed by atoms with Crippen molar-refractivity contribution in [1.29, 1.82) is 0 Å². The second-order valence-corrected chi connectivity index (χ2v) is 11.9. The van der Waals surface area contributed by atoms with Gasteiger partial charge in [0.2, 0.25) is 5.60 Å². The van der Waals surface area contributed by atoms with Gasteiger partial charge in [-0.15, -0.1) is 0 Å².